The highest BCUT2D eigenvalue weighted by atomic mass is 32.2. The maximum absolute atomic E-state index is 12.6. The predicted molar refractivity (Wildman–Crippen MR) is 116 cm³/mol. The lowest BCUT2D eigenvalue weighted by molar-refractivity contribution is -0.384. The zero-order valence-corrected chi connectivity index (χ0v) is 17.8. The Labute approximate surface area is 181 Å². The van der Waals surface area contributed by atoms with E-state index in [1.165, 1.54) is 42.5 Å². The molecule has 0 spiro atoms. The van der Waals surface area contributed by atoms with Gasteiger partial charge in [0.25, 0.3) is 5.69 Å². The minimum atomic E-state index is -0.550. The van der Waals surface area contributed by atoms with Gasteiger partial charge in [-0.1, -0.05) is 30.0 Å². The van der Waals surface area contributed by atoms with Crippen molar-refractivity contribution in [2.24, 2.45) is 0 Å². The number of carbonyl (C=O) groups excluding carboxylic acids is 2. The normalized spacial score (nSPS) is 16.1. The first-order chi connectivity index (χ1) is 14.3. The number of nitro groups is 1. The second kappa shape index (κ2) is 9.07. The molecule has 30 heavy (non-hydrogen) atoms. The van der Waals surface area contributed by atoms with Crippen molar-refractivity contribution in [3.05, 3.63) is 84.2 Å². The Hall–Kier alpha value is -3.22. The monoisotopic (exact) mass is 439 g/mol. The first-order valence-corrected chi connectivity index (χ1v) is 10.8. The van der Waals surface area contributed by atoms with Crippen LogP contribution in [-0.2, 0) is 4.79 Å². The molecule has 1 unspecified atom stereocenters. The molecule has 7 nitrogen and oxygen atoms in total. The molecule has 1 aromatic carbocycles. The summed E-state index contributed by atoms with van der Waals surface area (Å²) in [6.45, 7) is 3.24. The van der Waals surface area contributed by atoms with Crippen molar-refractivity contribution in [2.75, 3.05) is 5.75 Å². The fraction of sp³-hybridized carbons (Fsp3) is 0.190. The quantitative estimate of drug-likeness (QED) is 0.382. The number of ketones is 2. The van der Waals surface area contributed by atoms with Crippen LogP contribution in [0.4, 0.5) is 5.69 Å². The molecule has 0 saturated heterocycles. The van der Waals surface area contributed by atoms with Crippen LogP contribution < -0.4 is 5.32 Å². The van der Waals surface area contributed by atoms with E-state index in [1.54, 1.807) is 6.92 Å². The molecule has 1 aliphatic heterocycles. The molecule has 0 amide bonds. The molecule has 3 rings (SSSR count). The third-order valence-electron chi connectivity index (χ3n) is 4.58. The summed E-state index contributed by atoms with van der Waals surface area (Å²) in [5.74, 6) is -0.900. The lowest BCUT2D eigenvalue weighted by Gasteiger charge is -2.28. The first kappa shape index (κ1) is 21.5. The summed E-state index contributed by atoms with van der Waals surface area (Å²) in [6, 6.07) is 11.5. The molecule has 0 fully saturated rings. The average molecular weight is 440 g/mol. The minimum absolute atomic E-state index is 0.00543. The van der Waals surface area contributed by atoms with Crippen LogP contribution in [0.5, 0.6) is 0 Å². The van der Waals surface area contributed by atoms with Crippen molar-refractivity contribution in [3.8, 4) is 6.07 Å². The van der Waals surface area contributed by atoms with Gasteiger partial charge >= 0.3 is 0 Å². The Morgan fingerprint density at radius 2 is 2.10 bits per heavy atom. The van der Waals surface area contributed by atoms with E-state index in [-0.39, 0.29) is 28.6 Å². The molecule has 0 saturated carbocycles. The molecular weight excluding hydrogens is 422 g/mol. The van der Waals surface area contributed by atoms with Crippen molar-refractivity contribution < 1.29 is 14.5 Å². The van der Waals surface area contributed by atoms with Crippen molar-refractivity contribution in [2.45, 2.75) is 19.8 Å². The van der Waals surface area contributed by atoms with E-state index in [0.29, 0.717) is 21.9 Å². The zero-order valence-electron chi connectivity index (χ0n) is 16.2. The summed E-state index contributed by atoms with van der Waals surface area (Å²) >= 11 is 2.61. The molecular formula is C21H17N3O4S2. The largest absolute Gasteiger partial charge is 0.353 e. The molecule has 0 radical (unpaired) electrons. The van der Waals surface area contributed by atoms with E-state index < -0.39 is 10.8 Å². The summed E-state index contributed by atoms with van der Waals surface area (Å²) in [5, 5.41) is 26.3. The van der Waals surface area contributed by atoms with Gasteiger partial charge in [0.15, 0.2) is 11.6 Å². The third-order valence-corrected chi connectivity index (χ3v) is 6.54. The number of nitrogens with one attached hydrogen (secondary N) is 1. The summed E-state index contributed by atoms with van der Waals surface area (Å²) in [4.78, 5) is 36.1. The number of hydrogen-bond acceptors (Lipinski definition) is 8. The SMILES string of the molecule is CC(=O)C1=C(C)NC(SCC(=O)c2cccc([N+](=O)[O-])c2)=C(C#N)C1c1cccs1. The first-order valence-electron chi connectivity index (χ1n) is 8.90. The van der Waals surface area contributed by atoms with E-state index in [2.05, 4.69) is 11.4 Å². The molecule has 9 heteroatoms. The number of carbonyl (C=O) groups is 2. The number of thioether (sulfide) groups is 1. The van der Waals surface area contributed by atoms with Gasteiger partial charge < -0.3 is 5.32 Å². The molecule has 1 atom stereocenters. The van der Waals surface area contributed by atoms with E-state index in [4.69, 9.17) is 0 Å². The Kier molecular flexibility index (Phi) is 6.50. The number of nitrogens with zero attached hydrogens (tertiary/aromatic N) is 2. The molecule has 1 N–H and O–H groups in total. The highest BCUT2D eigenvalue weighted by Gasteiger charge is 2.33. The van der Waals surface area contributed by atoms with Crippen LogP contribution in [-0.4, -0.2) is 22.2 Å². The van der Waals surface area contributed by atoms with Crippen molar-refractivity contribution in [3.63, 3.8) is 0 Å². The van der Waals surface area contributed by atoms with Crippen molar-refractivity contribution in [1.29, 1.82) is 5.26 Å². The van der Waals surface area contributed by atoms with Gasteiger partial charge in [-0.3, -0.25) is 19.7 Å². The minimum Gasteiger partial charge on any atom is -0.353 e. The summed E-state index contributed by atoms with van der Waals surface area (Å²) in [5.41, 5.74) is 1.64. The molecule has 152 valence electrons. The number of allylic oxidation sites excluding steroid dienone is 3. The highest BCUT2D eigenvalue weighted by molar-refractivity contribution is 8.03. The van der Waals surface area contributed by atoms with Crippen LogP contribution >= 0.6 is 23.1 Å². The van der Waals surface area contributed by atoms with Crippen LogP contribution in [0, 0.1) is 21.4 Å². The van der Waals surface area contributed by atoms with E-state index in [1.807, 2.05) is 17.5 Å². The van der Waals surface area contributed by atoms with Gasteiger partial charge in [0.05, 0.1) is 33.3 Å². The number of thiophene rings is 1. The van der Waals surface area contributed by atoms with E-state index in [9.17, 15) is 25.0 Å². The Bertz CT molecular complexity index is 1130. The fourth-order valence-corrected chi connectivity index (χ4v) is 5.08. The van der Waals surface area contributed by atoms with Gasteiger partial charge in [0, 0.05) is 33.8 Å². The molecule has 1 aromatic heterocycles. The second-order valence-electron chi connectivity index (χ2n) is 6.54. The van der Waals surface area contributed by atoms with Gasteiger partial charge in [-0.2, -0.15) is 5.26 Å². The average Bonchev–Trinajstić information content (AvgIpc) is 3.25. The molecule has 2 heterocycles. The molecule has 0 aliphatic carbocycles. The Morgan fingerprint density at radius 1 is 1.33 bits per heavy atom. The smallest absolute Gasteiger partial charge is 0.270 e. The fourth-order valence-electron chi connectivity index (χ4n) is 3.25. The standard InChI is InChI=1S/C21H17N3O4S2/c1-12-19(13(2)25)20(18-7-4-8-29-18)16(10-22)21(23-12)30-11-17(26)14-5-3-6-15(9-14)24(27)28/h3-9,20,23H,11H2,1-2H3. The van der Waals surface area contributed by atoms with Gasteiger partial charge in [-0.05, 0) is 25.3 Å². The third kappa shape index (κ3) is 4.35. The predicted octanol–water partition coefficient (Wildman–Crippen LogP) is 4.56. The number of non-ortho nitro benzene ring substituents is 1. The second-order valence-corrected chi connectivity index (χ2v) is 8.51. The number of Topliss-reactive ketones (excluding diaryl/α,β-unsaturated/α-hetero) is 2. The number of nitriles is 1. The molecule has 2 aromatic rings. The highest BCUT2D eigenvalue weighted by Crippen LogP contribution is 2.42. The number of dihydropyridines is 1. The van der Waals surface area contributed by atoms with Crippen LogP contribution in [0.1, 0.15) is 35.0 Å². The maximum Gasteiger partial charge on any atom is 0.270 e. The van der Waals surface area contributed by atoms with Crippen LogP contribution in [0.15, 0.2) is 63.7 Å². The Balaban J connectivity index is 1.89. The summed E-state index contributed by atoms with van der Waals surface area (Å²) in [7, 11) is 0. The van der Waals surface area contributed by atoms with Crippen molar-refractivity contribution >= 4 is 40.4 Å². The topological polar surface area (TPSA) is 113 Å². The Morgan fingerprint density at radius 3 is 2.70 bits per heavy atom. The number of rotatable bonds is 7. The zero-order chi connectivity index (χ0) is 21.8. The van der Waals surface area contributed by atoms with Crippen LogP contribution in [0.2, 0.25) is 0 Å². The van der Waals surface area contributed by atoms with Gasteiger partial charge in [-0.15, -0.1) is 11.3 Å². The molecule has 1 aliphatic rings. The lowest BCUT2D eigenvalue weighted by atomic mass is 9.85. The summed E-state index contributed by atoms with van der Waals surface area (Å²) in [6.07, 6.45) is 0. The van der Waals surface area contributed by atoms with Gasteiger partial charge in [0.2, 0.25) is 0 Å². The van der Waals surface area contributed by atoms with E-state index in [0.717, 1.165) is 16.6 Å². The summed E-state index contributed by atoms with van der Waals surface area (Å²) < 4.78 is 0. The van der Waals surface area contributed by atoms with Crippen LogP contribution in [0.25, 0.3) is 0 Å². The number of nitro benzene ring substituents is 1. The lowest BCUT2D eigenvalue weighted by Crippen LogP contribution is -2.27. The van der Waals surface area contributed by atoms with Crippen molar-refractivity contribution in [1.82, 2.24) is 5.32 Å². The van der Waals surface area contributed by atoms with E-state index >= 15 is 0 Å². The van der Waals surface area contributed by atoms with Gasteiger partial charge in [0.1, 0.15) is 0 Å². The number of hydrogen-bond donors (Lipinski definition) is 1. The van der Waals surface area contributed by atoms with Crippen LogP contribution in [0.3, 0.4) is 0 Å². The maximum atomic E-state index is 12.6. The van der Waals surface area contributed by atoms with Gasteiger partial charge in [-0.25, -0.2) is 0 Å². The molecule has 0 bridgehead atoms. The number of benzene rings is 1.